The molecule has 0 saturated carbocycles. The van der Waals surface area contributed by atoms with Gasteiger partial charge in [-0.05, 0) is 55.5 Å². The van der Waals surface area contributed by atoms with E-state index in [9.17, 15) is 10.0 Å². The molecule has 2 aromatic rings. The average molecular weight is 343 g/mol. The highest BCUT2D eigenvalue weighted by Gasteiger charge is 2.23. The predicted molar refractivity (Wildman–Crippen MR) is 94.2 cm³/mol. The largest absolute Gasteiger partial charge is 0.623 e. The van der Waals surface area contributed by atoms with E-state index in [0.29, 0.717) is 16.2 Å². The second-order valence-corrected chi connectivity index (χ2v) is 5.19. The van der Waals surface area contributed by atoms with Gasteiger partial charge in [-0.25, -0.2) is 4.79 Å². The molecule has 0 aliphatic rings. The summed E-state index contributed by atoms with van der Waals surface area (Å²) in [6.45, 7) is 1.89. The molecule has 0 amide bonds. The van der Waals surface area contributed by atoms with Crippen molar-refractivity contribution in [3.63, 3.8) is 0 Å². The third kappa shape index (κ3) is 4.73. The van der Waals surface area contributed by atoms with Crippen LogP contribution >= 0.6 is 0 Å². The highest BCUT2D eigenvalue weighted by atomic mass is 16.5. The number of hydrogen-bond acceptors (Lipinski definition) is 5. The molecule has 0 heterocycles. The number of hydrogen-bond donors (Lipinski definition) is 0. The quantitative estimate of drug-likeness (QED) is 0.254. The van der Waals surface area contributed by atoms with Crippen molar-refractivity contribution >= 4 is 12.2 Å². The first-order valence-electron chi connectivity index (χ1n) is 7.84. The summed E-state index contributed by atoms with van der Waals surface area (Å²) in [7, 11) is 3.15. The molecule has 0 unspecified atom stereocenters. The smallest absolute Gasteiger partial charge is 0.396 e. The summed E-state index contributed by atoms with van der Waals surface area (Å²) in [5, 5.41) is 12.6. The van der Waals surface area contributed by atoms with E-state index in [1.165, 1.54) is 0 Å². The molecule has 25 heavy (non-hydrogen) atoms. The van der Waals surface area contributed by atoms with Gasteiger partial charge in [0.1, 0.15) is 11.5 Å². The van der Waals surface area contributed by atoms with Crippen LogP contribution in [-0.2, 0) is 9.53 Å². The van der Waals surface area contributed by atoms with Gasteiger partial charge in [0.2, 0.25) is 6.04 Å². The van der Waals surface area contributed by atoms with Gasteiger partial charge < -0.3 is 19.4 Å². The van der Waals surface area contributed by atoms with Crippen LogP contribution in [-0.4, -0.2) is 37.7 Å². The average Bonchev–Trinajstić information content (AvgIpc) is 2.63. The summed E-state index contributed by atoms with van der Waals surface area (Å²) in [4.78, 5) is 11.7. The van der Waals surface area contributed by atoms with Gasteiger partial charge >= 0.3 is 5.97 Å². The summed E-state index contributed by atoms with van der Waals surface area (Å²) >= 11 is 0. The molecule has 0 spiro atoms. The van der Waals surface area contributed by atoms with Crippen molar-refractivity contribution < 1.29 is 23.7 Å². The molecule has 0 fully saturated rings. The fourth-order valence-electron chi connectivity index (χ4n) is 2.42. The molecular weight excluding hydrogens is 322 g/mol. The molecule has 6 heteroatoms. The van der Waals surface area contributed by atoms with E-state index < -0.39 is 12.0 Å². The Balaban J connectivity index is 2.43. The maximum atomic E-state index is 12.6. The molecule has 0 radical (unpaired) electrons. The van der Waals surface area contributed by atoms with Crippen LogP contribution in [0, 0.1) is 5.21 Å². The van der Waals surface area contributed by atoms with E-state index in [1.54, 1.807) is 69.7 Å². The third-order valence-electron chi connectivity index (χ3n) is 3.64. The Bertz CT molecular complexity index is 675. The van der Waals surface area contributed by atoms with Gasteiger partial charge in [0, 0.05) is 11.1 Å². The van der Waals surface area contributed by atoms with Crippen LogP contribution in [0.15, 0.2) is 48.5 Å². The number of carbonyl (C=O) groups is 1. The summed E-state index contributed by atoms with van der Waals surface area (Å²) < 4.78 is 15.7. The van der Waals surface area contributed by atoms with E-state index in [-0.39, 0.29) is 6.61 Å². The standard InChI is InChI=1S/C19H21NO5/c1-4-25-18(21)13-20(22)19(14-5-9-16(23-2)10-6-14)15-7-11-17(24-3)12-8-15/h5-13,19H,4H2,1-3H3/b20-13-. The zero-order valence-corrected chi connectivity index (χ0v) is 14.5. The van der Waals surface area contributed by atoms with E-state index in [2.05, 4.69) is 0 Å². The number of nitrogens with zero attached hydrogens (tertiary/aromatic N) is 1. The molecule has 0 aliphatic heterocycles. The summed E-state index contributed by atoms with van der Waals surface area (Å²) in [5.74, 6) is 0.692. The van der Waals surface area contributed by atoms with E-state index in [4.69, 9.17) is 14.2 Å². The Kier molecular flexibility index (Phi) is 6.39. The first-order valence-corrected chi connectivity index (χ1v) is 7.84. The number of benzene rings is 2. The first kappa shape index (κ1) is 18.3. The molecule has 0 N–H and O–H groups in total. The monoisotopic (exact) mass is 343 g/mol. The van der Waals surface area contributed by atoms with Crippen LogP contribution in [0.3, 0.4) is 0 Å². The minimum Gasteiger partial charge on any atom is -0.623 e. The Morgan fingerprint density at radius 2 is 1.44 bits per heavy atom. The van der Waals surface area contributed by atoms with Crippen molar-refractivity contribution in [2.45, 2.75) is 13.0 Å². The molecule has 2 rings (SSSR count). The van der Waals surface area contributed by atoms with Gasteiger partial charge in [0.25, 0.3) is 6.21 Å². The molecular formula is C19H21NO5. The van der Waals surface area contributed by atoms with Crippen LogP contribution in [0.5, 0.6) is 11.5 Å². The summed E-state index contributed by atoms with van der Waals surface area (Å²) in [6.07, 6.45) is 0.919. The van der Waals surface area contributed by atoms with Crippen LogP contribution in [0.1, 0.15) is 24.1 Å². The van der Waals surface area contributed by atoms with Crippen molar-refractivity contribution in [3.05, 3.63) is 64.9 Å². The zero-order chi connectivity index (χ0) is 18.2. The Hall–Kier alpha value is -3.02. The molecule has 0 atom stereocenters. The molecule has 0 aromatic heterocycles. The Morgan fingerprint density at radius 3 is 1.80 bits per heavy atom. The fraction of sp³-hybridized carbons (Fsp3) is 0.263. The Morgan fingerprint density at radius 1 is 1.00 bits per heavy atom. The lowest BCUT2D eigenvalue weighted by molar-refractivity contribution is -0.490. The van der Waals surface area contributed by atoms with Crippen molar-refractivity contribution in [3.8, 4) is 11.5 Å². The zero-order valence-electron chi connectivity index (χ0n) is 14.5. The van der Waals surface area contributed by atoms with Crippen LogP contribution in [0.4, 0.5) is 0 Å². The van der Waals surface area contributed by atoms with Crippen LogP contribution in [0.2, 0.25) is 0 Å². The van der Waals surface area contributed by atoms with Gasteiger partial charge in [0.05, 0.1) is 20.8 Å². The van der Waals surface area contributed by atoms with Gasteiger partial charge in [-0.2, -0.15) is 4.74 Å². The van der Waals surface area contributed by atoms with Gasteiger partial charge in [0.15, 0.2) is 0 Å². The SMILES string of the molecule is CCOC(=O)/C=[N+](\[O-])C(c1ccc(OC)cc1)c1ccc(OC)cc1. The lowest BCUT2D eigenvalue weighted by Gasteiger charge is -2.18. The number of ether oxygens (including phenoxy) is 3. The number of hydroxylamine groups is 1. The maximum absolute atomic E-state index is 12.6. The van der Waals surface area contributed by atoms with E-state index in [1.807, 2.05) is 0 Å². The fourth-order valence-corrected chi connectivity index (χ4v) is 2.42. The van der Waals surface area contributed by atoms with Crippen molar-refractivity contribution in [1.82, 2.24) is 0 Å². The first-order chi connectivity index (χ1) is 12.1. The minimum absolute atomic E-state index is 0.207. The second kappa shape index (κ2) is 8.73. The maximum Gasteiger partial charge on any atom is 0.396 e. The highest BCUT2D eigenvalue weighted by Crippen LogP contribution is 2.28. The van der Waals surface area contributed by atoms with Gasteiger partial charge in [-0.1, -0.05) is 0 Å². The van der Waals surface area contributed by atoms with E-state index >= 15 is 0 Å². The molecule has 0 saturated heterocycles. The molecule has 2 aromatic carbocycles. The minimum atomic E-state index is -0.693. The molecule has 0 bridgehead atoms. The number of esters is 1. The summed E-state index contributed by atoms with van der Waals surface area (Å²) in [5.41, 5.74) is 1.45. The summed E-state index contributed by atoms with van der Waals surface area (Å²) in [6, 6.07) is 13.5. The van der Waals surface area contributed by atoms with Crippen molar-refractivity contribution in [1.29, 1.82) is 0 Å². The number of methoxy groups -OCH3 is 2. The second-order valence-electron chi connectivity index (χ2n) is 5.19. The highest BCUT2D eigenvalue weighted by molar-refractivity contribution is 6.21. The van der Waals surface area contributed by atoms with Crippen LogP contribution < -0.4 is 9.47 Å². The topological polar surface area (TPSA) is 70.8 Å². The van der Waals surface area contributed by atoms with Crippen molar-refractivity contribution in [2.24, 2.45) is 0 Å². The predicted octanol–water partition coefficient (Wildman–Crippen LogP) is 2.94. The van der Waals surface area contributed by atoms with Gasteiger partial charge in [-0.3, -0.25) is 0 Å². The van der Waals surface area contributed by atoms with Crippen LogP contribution in [0.25, 0.3) is 0 Å². The third-order valence-corrected chi connectivity index (χ3v) is 3.64. The lowest BCUT2D eigenvalue weighted by atomic mass is 9.99. The Labute approximate surface area is 146 Å². The molecule has 6 nitrogen and oxygen atoms in total. The molecule has 132 valence electrons. The van der Waals surface area contributed by atoms with E-state index in [0.717, 1.165) is 17.3 Å². The number of carbonyl (C=O) groups excluding carboxylic acids is 1. The van der Waals surface area contributed by atoms with Gasteiger partial charge in [-0.15, -0.1) is 0 Å². The molecule has 0 aliphatic carbocycles. The lowest BCUT2D eigenvalue weighted by Crippen LogP contribution is -2.20. The van der Waals surface area contributed by atoms with Crippen molar-refractivity contribution in [2.75, 3.05) is 20.8 Å². The normalized spacial score (nSPS) is 11.3. The number of rotatable bonds is 7.